The fourth-order valence-corrected chi connectivity index (χ4v) is 3.98. The Morgan fingerprint density at radius 3 is 2.82 bits per heavy atom. The van der Waals surface area contributed by atoms with Gasteiger partial charge in [0.2, 0.25) is 0 Å². The van der Waals surface area contributed by atoms with Crippen molar-refractivity contribution in [3.8, 4) is 0 Å². The molecule has 0 bridgehead atoms. The Morgan fingerprint density at radius 2 is 2.18 bits per heavy atom. The summed E-state index contributed by atoms with van der Waals surface area (Å²) < 4.78 is 1.17. The molecule has 1 atom stereocenters. The lowest BCUT2D eigenvalue weighted by Gasteiger charge is -2.14. The molecule has 2 rings (SSSR count). The monoisotopic (exact) mass is 327 g/mol. The molecule has 1 aromatic heterocycles. The molecule has 4 heteroatoms. The van der Waals surface area contributed by atoms with E-state index in [2.05, 4.69) is 56.3 Å². The second-order valence-electron chi connectivity index (χ2n) is 3.64. The van der Waals surface area contributed by atoms with Crippen LogP contribution in [0.2, 0.25) is 0 Å². The van der Waals surface area contributed by atoms with Gasteiger partial charge in [-0.3, -0.25) is 0 Å². The molecular formula is C13H14BrNS2. The molecular weight excluding hydrogens is 314 g/mol. The molecule has 17 heavy (non-hydrogen) atoms. The minimum Gasteiger partial charge on any atom is -0.312 e. The smallest absolute Gasteiger partial charge is 0.0421 e. The Labute approximate surface area is 119 Å². The van der Waals surface area contributed by atoms with Crippen molar-refractivity contribution in [2.75, 3.05) is 12.8 Å². The van der Waals surface area contributed by atoms with Crippen LogP contribution in [0.25, 0.3) is 0 Å². The van der Waals surface area contributed by atoms with Crippen molar-refractivity contribution < 1.29 is 0 Å². The molecule has 0 amide bonds. The van der Waals surface area contributed by atoms with E-state index < -0.39 is 0 Å². The summed E-state index contributed by atoms with van der Waals surface area (Å²) in [5, 5.41) is 7.70. The van der Waals surface area contributed by atoms with Crippen LogP contribution in [0.3, 0.4) is 0 Å². The summed E-state index contributed by atoms with van der Waals surface area (Å²) in [5.74, 6) is 1.04. The van der Waals surface area contributed by atoms with E-state index in [0.29, 0.717) is 6.04 Å². The molecule has 0 aliphatic carbocycles. The van der Waals surface area contributed by atoms with Gasteiger partial charge in [-0.25, -0.2) is 0 Å². The van der Waals surface area contributed by atoms with Crippen molar-refractivity contribution in [3.05, 3.63) is 51.1 Å². The molecule has 2 aromatic rings. The molecule has 0 spiro atoms. The number of benzene rings is 1. The number of halogens is 1. The van der Waals surface area contributed by atoms with Gasteiger partial charge in [0.25, 0.3) is 0 Å². The lowest BCUT2D eigenvalue weighted by molar-refractivity contribution is 0.664. The van der Waals surface area contributed by atoms with E-state index in [1.54, 1.807) is 11.3 Å². The SMILES string of the molecule is CNC(CSc1ccccc1Br)c1ccsc1. The highest BCUT2D eigenvalue weighted by Gasteiger charge is 2.10. The number of thioether (sulfide) groups is 1. The van der Waals surface area contributed by atoms with Crippen LogP contribution in [-0.4, -0.2) is 12.8 Å². The summed E-state index contributed by atoms with van der Waals surface area (Å²) in [6, 6.07) is 11.0. The fraction of sp³-hybridized carbons (Fsp3) is 0.231. The van der Waals surface area contributed by atoms with Crippen molar-refractivity contribution in [1.29, 1.82) is 0 Å². The Kier molecular flexibility index (Phi) is 5.10. The van der Waals surface area contributed by atoms with Crippen LogP contribution in [0.1, 0.15) is 11.6 Å². The first-order chi connectivity index (χ1) is 8.31. The third-order valence-electron chi connectivity index (χ3n) is 2.54. The molecule has 1 nitrogen and oxygen atoms in total. The van der Waals surface area contributed by atoms with E-state index in [1.807, 2.05) is 24.9 Å². The van der Waals surface area contributed by atoms with Gasteiger partial charge in [-0.15, -0.1) is 11.8 Å². The summed E-state index contributed by atoms with van der Waals surface area (Å²) >= 11 is 7.20. The third kappa shape index (κ3) is 3.58. The number of thiophene rings is 1. The van der Waals surface area contributed by atoms with Crippen LogP contribution in [0.5, 0.6) is 0 Å². The Balaban J connectivity index is 2.00. The van der Waals surface area contributed by atoms with E-state index in [4.69, 9.17) is 0 Å². The van der Waals surface area contributed by atoms with Crippen molar-refractivity contribution in [2.45, 2.75) is 10.9 Å². The topological polar surface area (TPSA) is 12.0 Å². The van der Waals surface area contributed by atoms with Gasteiger partial charge in [0, 0.05) is 21.2 Å². The quantitative estimate of drug-likeness (QED) is 0.807. The molecule has 0 radical (unpaired) electrons. The second kappa shape index (κ2) is 6.59. The zero-order valence-corrected chi connectivity index (χ0v) is 12.7. The van der Waals surface area contributed by atoms with Gasteiger partial charge in [0.1, 0.15) is 0 Å². The van der Waals surface area contributed by atoms with Gasteiger partial charge in [0.15, 0.2) is 0 Å². The molecule has 1 unspecified atom stereocenters. The molecule has 0 fully saturated rings. The predicted molar refractivity (Wildman–Crippen MR) is 81.0 cm³/mol. The van der Waals surface area contributed by atoms with Crippen molar-refractivity contribution >= 4 is 39.0 Å². The third-order valence-corrected chi connectivity index (χ3v) is 5.36. The number of hydrogen-bond acceptors (Lipinski definition) is 3. The van der Waals surface area contributed by atoms with Crippen LogP contribution in [0.15, 0.2) is 50.5 Å². The molecule has 1 heterocycles. The zero-order valence-electron chi connectivity index (χ0n) is 9.52. The molecule has 0 saturated heterocycles. The molecule has 1 N–H and O–H groups in total. The molecule has 0 aliphatic heterocycles. The van der Waals surface area contributed by atoms with Crippen LogP contribution in [-0.2, 0) is 0 Å². The highest BCUT2D eigenvalue weighted by atomic mass is 79.9. The molecule has 90 valence electrons. The zero-order chi connectivity index (χ0) is 12.1. The van der Waals surface area contributed by atoms with Gasteiger partial charge >= 0.3 is 0 Å². The molecule has 1 aromatic carbocycles. The van der Waals surface area contributed by atoms with Gasteiger partial charge in [-0.1, -0.05) is 12.1 Å². The summed E-state index contributed by atoms with van der Waals surface area (Å²) in [6.07, 6.45) is 0. The van der Waals surface area contributed by atoms with Crippen molar-refractivity contribution in [2.24, 2.45) is 0 Å². The highest BCUT2D eigenvalue weighted by molar-refractivity contribution is 9.10. The Bertz CT molecular complexity index is 456. The maximum absolute atomic E-state index is 3.58. The second-order valence-corrected chi connectivity index (χ2v) is 6.34. The largest absolute Gasteiger partial charge is 0.312 e. The molecule has 0 aliphatic rings. The summed E-state index contributed by atoms with van der Waals surface area (Å²) in [5.41, 5.74) is 1.37. The average Bonchev–Trinajstić information content (AvgIpc) is 2.86. The van der Waals surface area contributed by atoms with Crippen LogP contribution in [0, 0.1) is 0 Å². The standard InChI is InChI=1S/C13H14BrNS2/c1-15-12(10-6-7-16-8-10)9-17-13-5-3-2-4-11(13)14/h2-8,12,15H,9H2,1H3. The minimum atomic E-state index is 0.415. The maximum atomic E-state index is 3.58. The van der Waals surface area contributed by atoms with Gasteiger partial charge < -0.3 is 5.32 Å². The lowest BCUT2D eigenvalue weighted by atomic mass is 10.2. The summed E-state index contributed by atoms with van der Waals surface area (Å²) in [6.45, 7) is 0. The summed E-state index contributed by atoms with van der Waals surface area (Å²) in [7, 11) is 2.02. The van der Waals surface area contributed by atoms with E-state index >= 15 is 0 Å². The van der Waals surface area contributed by atoms with E-state index in [0.717, 1.165) is 5.75 Å². The van der Waals surface area contributed by atoms with Gasteiger partial charge in [0.05, 0.1) is 0 Å². The van der Waals surface area contributed by atoms with Crippen LogP contribution >= 0.6 is 39.0 Å². The fourth-order valence-electron chi connectivity index (χ4n) is 1.55. The van der Waals surface area contributed by atoms with Gasteiger partial charge in [-0.2, -0.15) is 11.3 Å². The van der Waals surface area contributed by atoms with Gasteiger partial charge in [-0.05, 0) is 57.5 Å². The highest BCUT2D eigenvalue weighted by Crippen LogP contribution is 2.30. The van der Waals surface area contributed by atoms with Crippen molar-refractivity contribution in [1.82, 2.24) is 5.32 Å². The van der Waals surface area contributed by atoms with E-state index in [9.17, 15) is 0 Å². The van der Waals surface area contributed by atoms with Crippen molar-refractivity contribution in [3.63, 3.8) is 0 Å². The van der Waals surface area contributed by atoms with E-state index in [1.165, 1.54) is 14.9 Å². The number of rotatable bonds is 5. The normalized spacial score (nSPS) is 12.6. The predicted octanol–water partition coefficient (Wildman–Crippen LogP) is 4.56. The minimum absolute atomic E-state index is 0.415. The molecule has 0 saturated carbocycles. The average molecular weight is 328 g/mol. The van der Waals surface area contributed by atoms with E-state index in [-0.39, 0.29) is 0 Å². The first-order valence-corrected chi connectivity index (χ1v) is 8.10. The van der Waals surface area contributed by atoms with Crippen LogP contribution in [0.4, 0.5) is 0 Å². The lowest BCUT2D eigenvalue weighted by Crippen LogP contribution is -2.17. The number of hydrogen-bond donors (Lipinski definition) is 1. The maximum Gasteiger partial charge on any atom is 0.0421 e. The Hall–Kier alpha value is -0.290. The van der Waals surface area contributed by atoms with Crippen LogP contribution < -0.4 is 5.32 Å². The summed E-state index contributed by atoms with van der Waals surface area (Å²) in [4.78, 5) is 1.29. The first kappa shape index (κ1) is 13.1. The first-order valence-electron chi connectivity index (χ1n) is 5.38. The Morgan fingerprint density at radius 1 is 1.35 bits per heavy atom. The number of nitrogens with one attached hydrogen (secondary N) is 1.